The van der Waals surface area contributed by atoms with E-state index in [2.05, 4.69) is 44.8 Å². The first-order chi connectivity index (χ1) is 10.7. The zero-order chi connectivity index (χ0) is 17.0. The zero-order valence-corrected chi connectivity index (χ0v) is 15.9. The van der Waals surface area contributed by atoms with Crippen LogP contribution in [0.4, 0.5) is 4.79 Å². The van der Waals surface area contributed by atoms with Gasteiger partial charge in [-0.15, -0.1) is 0 Å². The van der Waals surface area contributed by atoms with E-state index in [1.54, 1.807) is 0 Å². The van der Waals surface area contributed by atoms with E-state index < -0.39 is 5.60 Å². The standard InChI is InChI=1S/C18H27BrN2O2/c1-12(21-17(22)23-18(2,3)4)11-20-14-9-13(10-14)15-7-5-6-8-16(15)19/h5-8,12-14,20H,9-11H2,1-4H3,(H,21,22). The van der Waals surface area contributed by atoms with Crippen molar-refractivity contribution in [3.63, 3.8) is 0 Å². The van der Waals surface area contributed by atoms with Crippen LogP contribution in [0.3, 0.4) is 0 Å². The first-order valence-corrected chi connectivity index (χ1v) is 9.01. The van der Waals surface area contributed by atoms with E-state index in [-0.39, 0.29) is 12.1 Å². The minimum Gasteiger partial charge on any atom is -0.444 e. The van der Waals surface area contributed by atoms with E-state index in [0.29, 0.717) is 12.0 Å². The highest BCUT2D eigenvalue weighted by atomic mass is 79.9. The summed E-state index contributed by atoms with van der Waals surface area (Å²) >= 11 is 3.62. The van der Waals surface area contributed by atoms with Gasteiger partial charge in [-0.3, -0.25) is 0 Å². The Labute approximate surface area is 147 Å². The molecule has 0 saturated heterocycles. The SMILES string of the molecule is CC(CNC1CC(c2ccccc2Br)C1)NC(=O)OC(C)(C)C. The van der Waals surface area contributed by atoms with Crippen LogP contribution in [-0.2, 0) is 4.74 Å². The molecule has 1 aliphatic carbocycles. The van der Waals surface area contributed by atoms with Gasteiger partial charge in [-0.1, -0.05) is 34.1 Å². The second kappa shape index (κ2) is 7.67. The molecule has 1 amide bonds. The Bertz CT molecular complexity index is 536. The smallest absolute Gasteiger partial charge is 0.407 e. The number of halogens is 1. The van der Waals surface area contributed by atoms with Crippen molar-refractivity contribution in [2.75, 3.05) is 6.54 Å². The third-order valence-corrected chi connectivity index (χ3v) is 4.68. The van der Waals surface area contributed by atoms with Gasteiger partial charge in [-0.2, -0.15) is 0 Å². The fraction of sp³-hybridized carbons (Fsp3) is 0.611. The number of benzene rings is 1. The highest BCUT2D eigenvalue weighted by Crippen LogP contribution is 2.39. The van der Waals surface area contributed by atoms with Crippen molar-refractivity contribution in [2.45, 2.75) is 64.1 Å². The lowest BCUT2D eigenvalue weighted by atomic mass is 9.76. The summed E-state index contributed by atoms with van der Waals surface area (Å²) in [6.45, 7) is 8.34. The molecule has 0 spiro atoms. The Morgan fingerprint density at radius 2 is 2.00 bits per heavy atom. The summed E-state index contributed by atoms with van der Waals surface area (Å²) < 4.78 is 6.46. The van der Waals surface area contributed by atoms with E-state index in [0.717, 1.165) is 19.4 Å². The van der Waals surface area contributed by atoms with Crippen LogP contribution in [0.2, 0.25) is 0 Å². The Balaban J connectivity index is 1.66. The molecule has 0 heterocycles. The molecule has 2 rings (SSSR count). The Kier molecular flexibility index (Phi) is 6.09. The largest absolute Gasteiger partial charge is 0.444 e. The molecule has 23 heavy (non-hydrogen) atoms. The van der Waals surface area contributed by atoms with Gasteiger partial charge in [-0.25, -0.2) is 4.79 Å². The molecule has 0 aromatic heterocycles. The van der Waals surface area contributed by atoms with Gasteiger partial charge in [0.1, 0.15) is 5.60 Å². The quantitative estimate of drug-likeness (QED) is 0.801. The number of hydrogen-bond donors (Lipinski definition) is 2. The fourth-order valence-corrected chi connectivity index (χ4v) is 3.36. The molecule has 5 heteroatoms. The molecule has 1 aromatic carbocycles. The molecule has 1 aromatic rings. The van der Waals surface area contributed by atoms with Crippen molar-refractivity contribution in [2.24, 2.45) is 0 Å². The van der Waals surface area contributed by atoms with Crippen molar-refractivity contribution in [3.8, 4) is 0 Å². The molecule has 128 valence electrons. The third-order valence-electron chi connectivity index (χ3n) is 3.96. The number of hydrogen-bond acceptors (Lipinski definition) is 3. The highest BCUT2D eigenvalue weighted by Gasteiger charge is 2.31. The number of carbonyl (C=O) groups is 1. The van der Waals surface area contributed by atoms with Crippen LogP contribution in [0.25, 0.3) is 0 Å². The molecular formula is C18H27BrN2O2. The summed E-state index contributed by atoms with van der Waals surface area (Å²) in [5.41, 5.74) is 0.937. The van der Waals surface area contributed by atoms with E-state index in [9.17, 15) is 4.79 Å². The van der Waals surface area contributed by atoms with E-state index >= 15 is 0 Å². The average Bonchev–Trinajstić information content (AvgIpc) is 2.36. The Hall–Kier alpha value is -1.07. The number of amides is 1. The van der Waals surface area contributed by atoms with Crippen LogP contribution in [0.5, 0.6) is 0 Å². The number of rotatable bonds is 5. The molecule has 1 fully saturated rings. The average molecular weight is 383 g/mol. The summed E-state index contributed by atoms with van der Waals surface area (Å²) in [6.07, 6.45) is 1.93. The summed E-state index contributed by atoms with van der Waals surface area (Å²) in [5.74, 6) is 0.622. The molecule has 1 saturated carbocycles. The van der Waals surface area contributed by atoms with Crippen LogP contribution in [0, 0.1) is 0 Å². The molecule has 0 bridgehead atoms. The normalized spacial score (nSPS) is 22.1. The first kappa shape index (κ1) is 18.3. The lowest BCUT2D eigenvalue weighted by molar-refractivity contribution is 0.0506. The maximum absolute atomic E-state index is 11.7. The molecule has 1 atom stereocenters. The topological polar surface area (TPSA) is 50.4 Å². The van der Waals surface area contributed by atoms with Crippen LogP contribution < -0.4 is 10.6 Å². The maximum atomic E-state index is 11.7. The minimum atomic E-state index is -0.457. The van der Waals surface area contributed by atoms with Crippen LogP contribution in [-0.4, -0.2) is 30.3 Å². The predicted molar refractivity (Wildman–Crippen MR) is 96.7 cm³/mol. The van der Waals surface area contributed by atoms with Crippen molar-refractivity contribution in [3.05, 3.63) is 34.3 Å². The van der Waals surface area contributed by atoms with Crippen LogP contribution >= 0.6 is 15.9 Å². The van der Waals surface area contributed by atoms with Gasteiger partial charge in [0.15, 0.2) is 0 Å². The van der Waals surface area contributed by atoms with Gasteiger partial charge >= 0.3 is 6.09 Å². The van der Waals surface area contributed by atoms with E-state index in [4.69, 9.17) is 4.74 Å². The maximum Gasteiger partial charge on any atom is 0.407 e. The number of nitrogens with one attached hydrogen (secondary N) is 2. The van der Waals surface area contributed by atoms with E-state index in [1.807, 2.05) is 33.8 Å². The highest BCUT2D eigenvalue weighted by molar-refractivity contribution is 9.10. The molecule has 1 aliphatic rings. The van der Waals surface area contributed by atoms with Gasteiger partial charge < -0.3 is 15.4 Å². The monoisotopic (exact) mass is 382 g/mol. The van der Waals surface area contributed by atoms with Crippen LogP contribution in [0.1, 0.15) is 52.0 Å². The summed E-state index contributed by atoms with van der Waals surface area (Å²) in [6, 6.07) is 9.00. The lowest BCUT2D eigenvalue weighted by Crippen LogP contribution is -2.48. The van der Waals surface area contributed by atoms with Crippen LogP contribution in [0.15, 0.2) is 28.7 Å². The lowest BCUT2D eigenvalue weighted by Gasteiger charge is -2.37. The summed E-state index contributed by atoms with van der Waals surface area (Å²) in [4.78, 5) is 11.7. The molecular weight excluding hydrogens is 356 g/mol. The zero-order valence-electron chi connectivity index (χ0n) is 14.4. The Morgan fingerprint density at radius 3 is 2.61 bits per heavy atom. The predicted octanol–water partition coefficient (Wildman–Crippen LogP) is 4.20. The molecule has 0 radical (unpaired) electrons. The second-order valence-electron chi connectivity index (χ2n) is 7.34. The van der Waals surface area contributed by atoms with Crippen molar-refractivity contribution in [1.29, 1.82) is 0 Å². The van der Waals surface area contributed by atoms with Crippen molar-refractivity contribution < 1.29 is 9.53 Å². The van der Waals surface area contributed by atoms with Gasteiger partial charge in [-0.05, 0) is 58.1 Å². The van der Waals surface area contributed by atoms with Gasteiger partial charge in [0.05, 0.1) is 0 Å². The number of ether oxygens (including phenoxy) is 1. The second-order valence-corrected chi connectivity index (χ2v) is 8.20. The molecule has 1 unspecified atom stereocenters. The van der Waals surface area contributed by atoms with Gasteiger partial charge in [0, 0.05) is 23.1 Å². The van der Waals surface area contributed by atoms with Crippen molar-refractivity contribution >= 4 is 22.0 Å². The number of alkyl carbamates (subject to hydrolysis) is 1. The first-order valence-electron chi connectivity index (χ1n) is 8.22. The Morgan fingerprint density at radius 1 is 1.35 bits per heavy atom. The van der Waals surface area contributed by atoms with Gasteiger partial charge in [0.25, 0.3) is 0 Å². The molecule has 2 N–H and O–H groups in total. The van der Waals surface area contributed by atoms with Gasteiger partial charge in [0.2, 0.25) is 0 Å². The third kappa shape index (κ3) is 5.81. The van der Waals surface area contributed by atoms with E-state index in [1.165, 1.54) is 10.0 Å². The summed E-state index contributed by atoms with van der Waals surface area (Å²) in [7, 11) is 0. The number of carbonyl (C=O) groups excluding carboxylic acids is 1. The summed E-state index contributed by atoms with van der Waals surface area (Å²) in [5, 5.41) is 6.38. The van der Waals surface area contributed by atoms with Crippen molar-refractivity contribution in [1.82, 2.24) is 10.6 Å². The fourth-order valence-electron chi connectivity index (χ4n) is 2.75. The minimum absolute atomic E-state index is 0.0485. The molecule has 4 nitrogen and oxygen atoms in total. The molecule has 0 aliphatic heterocycles.